The van der Waals surface area contributed by atoms with Crippen molar-refractivity contribution in [3.63, 3.8) is 0 Å². The van der Waals surface area contributed by atoms with Crippen molar-refractivity contribution in [2.24, 2.45) is 22.5 Å². The maximum Gasteiger partial charge on any atom is 0.324 e. The Morgan fingerprint density at radius 3 is 2.48 bits per heavy atom. The van der Waals surface area contributed by atoms with Crippen LogP contribution in [0.5, 0.6) is 0 Å². The Hall–Kier alpha value is -0.650. The fourth-order valence-electron chi connectivity index (χ4n) is 5.86. The lowest BCUT2D eigenvalue weighted by Crippen LogP contribution is -2.71. The molecule has 0 aromatic rings. The lowest BCUT2D eigenvalue weighted by molar-refractivity contribution is -0.159. The second-order valence-electron chi connectivity index (χ2n) is 8.25. The zero-order valence-corrected chi connectivity index (χ0v) is 15.1. The summed E-state index contributed by atoms with van der Waals surface area (Å²) in [5.41, 5.74) is 6.51. The number of nitrogens with zero attached hydrogens (tertiary/aromatic N) is 1. The van der Waals surface area contributed by atoms with Gasteiger partial charge in [0.05, 0.1) is 25.4 Å². The summed E-state index contributed by atoms with van der Waals surface area (Å²) in [6.07, 6.45) is 3.37. The van der Waals surface area contributed by atoms with Crippen LogP contribution < -0.4 is 5.73 Å². The smallest absolute Gasteiger partial charge is 0.324 e. The minimum absolute atomic E-state index is 0.0220. The van der Waals surface area contributed by atoms with Gasteiger partial charge >= 0.3 is 5.97 Å². The number of fused-ring (bicyclic) bond motifs is 2. The predicted octanol–water partition coefficient (Wildman–Crippen LogP) is 1.79. The molecule has 132 valence electrons. The van der Waals surface area contributed by atoms with Crippen LogP contribution in [0.25, 0.3) is 0 Å². The minimum atomic E-state index is -0.588. The lowest BCUT2D eigenvalue weighted by atomic mass is 9.59. The SMILES string of the molecule is CCOC(=O)[C@H](N)[C@@]1(N2CCOCC2)C[C@@H]2CC[C@]1(C)C2(C)C. The highest BCUT2D eigenvalue weighted by atomic mass is 16.5. The standard InChI is InChI=1S/C18H32N2O3/c1-5-23-15(21)14(19)18(20-8-10-22-11-9-20)12-13-6-7-17(18,4)16(13,2)3/h13-14H,5-12,19H2,1-4H3/t13-,14-,17+,18-/m0/s1. The summed E-state index contributed by atoms with van der Waals surface area (Å²) < 4.78 is 10.9. The van der Waals surface area contributed by atoms with Gasteiger partial charge in [-0.3, -0.25) is 9.69 Å². The number of hydrogen-bond acceptors (Lipinski definition) is 5. The molecule has 5 heteroatoms. The first-order valence-corrected chi connectivity index (χ1v) is 9.06. The third-order valence-corrected chi connectivity index (χ3v) is 7.58. The Bertz CT molecular complexity index is 475. The van der Waals surface area contributed by atoms with E-state index in [2.05, 4.69) is 25.7 Å². The number of rotatable bonds is 4. The molecule has 0 aromatic heterocycles. The number of nitrogens with two attached hydrogens (primary N) is 1. The molecule has 0 amide bonds. The number of morpholine rings is 1. The Morgan fingerprint density at radius 1 is 1.35 bits per heavy atom. The first-order chi connectivity index (χ1) is 10.8. The summed E-state index contributed by atoms with van der Waals surface area (Å²) in [7, 11) is 0. The van der Waals surface area contributed by atoms with Crippen molar-refractivity contribution < 1.29 is 14.3 Å². The third kappa shape index (κ3) is 2.12. The van der Waals surface area contributed by atoms with E-state index >= 15 is 0 Å². The highest BCUT2D eigenvalue weighted by molar-refractivity contribution is 5.78. The van der Waals surface area contributed by atoms with Crippen molar-refractivity contribution in [3.8, 4) is 0 Å². The summed E-state index contributed by atoms with van der Waals surface area (Å²) >= 11 is 0. The van der Waals surface area contributed by atoms with Gasteiger partial charge in [-0.2, -0.15) is 0 Å². The van der Waals surface area contributed by atoms with Gasteiger partial charge in [0, 0.05) is 13.1 Å². The van der Waals surface area contributed by atoms with Gasteiger partial charge in [0.25, 0.3) is 0 Å². The van der Waals surface area contributed by atoms with E-state index in [0.717, 1.165) is 39.1 Å². The molecule has 2 bridgehead atoms. The van der Waals surface area contributed by atoms with E-state index < -0.39 is 6.04 Å². The average Bonchev–Trinajstić information content (AvgIpc) is 2.87. The molecule has 3 aliphatic rings. The van der Waals surface area contributed by atoms with Crippen LogP contribution in [0, 0.1) is 16.7 Å². The highest BCUT2D eigenvalue weighted by Gasteiger charge is 2.73. The Morgan fingerprint density at radius 2 is 2.00 bits per heavy atom. The third-order valence-electron chi connectivity index (χ3n) is 7.58. The van der Waals surface area contributed by atoms with Crippen molar-refractivity contribution >= 4 is 5.97 Å². The number of hydrogen-bond donors (Lipinski definition) is 1. The normalized spacial score (nSPS) is 41.0. The number of ether oxygens (including phenoxy) is 2. The molecule has 0 unspecified atom stereocenters. The van der Waals surface area contributed by atoms with Gasteiger partial charge in [-0.15, -0.1) is 0 Å². The Kier molecular flexibility index (Phi) is 4.27. The summed E-state index contributed by atoms with van der Waals surface area (Å²) in [4.78, 5) is 15.1. The number of carbonyl (C=O) groups excluding carboxylic acids is 1. The van der Waals surface area contributed by atoms with E-state index in [1.807, 2.05) is 6.92 Å². The van der Waals surface area contributed by atoms with Crippen LogP contribution in [0.15, 0.2) is 0 Å². The van der Waals surface area contributed by atoms with Gasteiger partial charge in [0.2, 0.25) is 0 Å². The fraction of sp³-hybridized carbons (Fsp3) is 0.944. The molecule has 1 saturated heterocycles. The zero-order valence-electron chi connectivity index (χ0n) is 15.1. The van der Waals surface area contributed by atoms with Gasteiger partial charge in [0.1, 0.15) is 6.04 Å². The monoisotopic (exact) mass is 324 g/mol. The molecule has 0 spiro atoms. The first-order valence-electron chi connectivity index (χ1n) is 9.06. The Labute approximate surface area is 139 Å². The van der Waals surface area contributed by atoms with Crippen molar-refractivity contribution in [2.75, 3.05) is 32.9 Å². The molecule has 3 fully saturated rings. The summed E-state index contributed by atoms with van der Waals surface area (Å²) in [6.45, 7) is 12.5. The number of esters is 1. The maximum atomic E-state index is 12.6. The van der Waals surface area contributed by atoms with Gasteiger partial charge in [-0.1, -0.05) is 20.8 Å². The predicted molar refractivity (Wildman–Crippen MR) is 89.0 cm³/mol. The summed E-state index contributed by atoms with van der Waals surface area (Å²) in [6, 6.07) is -0.588. The van der Waals surface area contributed by atoms with E-state index in [9.17, 15) is 4.79 Å². The van der Waals surface area contributed by atoms with Crippen molar-refractivity contribution in [1.82, 2.24) is 4.90 Å². The van der Waals surface area contributed by atoms with Crippen molar-refractivity contribution in [2.45, 2.75) is 58.5 Å². The largest absolute Gasteiger partial charge is 0.465 e. The molecule has 5 nitrogen and oxygen atoms in total. The van der Waals surface area contributed by atoms with Crippen LogP contribution >= 0.6 is 0 Å². The van der Waals surface area contributed by atoms with Crippen molar-refractivity contribution in [1.29, 1.82) is 0 Å². The van der Waals surface area contributed by atoms with Crippen molar-refractivity contribution in [3.05, 3.63) is 0 Å². The lowest BCUT2D eigenvalue weighted by Gasteiger charge is -2.57. The van der Waals surface area contributed by atoms with E-state index in [1.54, 1.807) is 0 Å². The molecule has 3 rings (SSSR count). The average molecular weight is 324 g/mol. The number of carbonyl (C=O) groups is 1. The topological polar surface area (TPSA) is 64.8 Å². The second kappa shape index (κ2) is 5.71. The van der Waals surface area contributed by atoms with Crippen LogP contribution in [0.1, 0.15) is 47.0 Å². The van der Waals surface area contributed by atoms with Crippen LogP contribution in [-0.2, 0) is 14.3 Å². The molecule has 23 heavy (non-hydrogen) atoms. The molecular formula is C18H32N2O3. The van der Waals surface area contributed by atoms with E-state index in [4.69, 9.17) is 15.2 Å². The van der Waals surface area contributed by atoms with Crippen LogP contribution in [0.2, 0.25) is 0 Å². The van der Waals surface area contributed by atoms with E-state index in [0.29, 0.717) is 12.5 Å². The Balaban J connectivity index is 2.03. The molecule has 2 saturated carbocycles. The minimum Gasteiger partial charge on any atom is -0.465 e. The van der Waals surface area contributed by atoms with E-state index in [1.165, 1.54) is 6.42 Å². The molecule has 1 heterocycles. The first kappa shape index (κ1) is 17.2. The molecule has 2 aliphatic carbocycles. The van der Waals surface area contributed by atoms with E-state index in [-0.39, 0.29) is 22.3 Å². The summed E-state index contributed by atoms with van der Waals surface area (Å²) in [5.74, 6) is 0.374. The maximum absolute atomic E-state index is 12.6. The molecule has 0 aromatic carbocycles. The molecule has 1 aliphatic heterocycles. The molecule has 2 N–H and O–H groups in total. The fourth-order valence-corrected chi connectivity index (χ4v) is 5.86. The zero-order chi connectivity index (χ0) is 16.9. The second-order valence-corrected chi connectivity index (χ2v) is 8.25. The van der Waals surface area contributed by atoms with Gasteiger partial charge < -0.3 is 15.2 Å². The van der Waals surface area contributed by atoms with Gasteiger partial charge in [-0.05, 0) is 42.9 Å². The van der Waals surface area contributed by atoms with Crippen LogP contribution in [0.4, 0.5) is 0 Å². The molecular weight excluding hydrogens is 292 g/mol. The molecule has 0 radical (unpaired) electrons. The highest BCUT2D eigenvalue weighted by Crippen LogP contribution is 2.71. The molecule has 4 atom stereocenters. The van der Waals surface area contributed by atoms with Gasteiger partial charge in [-0.25, -0.2) is 0 Å². The van der Waals surface area contributed by atoms with Crippen LogP contribution in [0.3, 0.4) is 0 Å². The quantitative estimate of drug-likeness (QED) is 0.799. The summed E-state index contributed by atoms with van der Waals surface area (Å²) in [5, 5.41) is 0. The van der Waals surface area contributed by atoms with Gasteiger partial charge in [0.15, 0.2) is 0 Å². The van der Waals surface area contributed by atoms with Crippen LogP contribution in [-0.4, -0.2) is 55.4 Å².